The maximum Gasteiger partial charge on any atom is 0.321 e. The third-order valence-corrected chi connectivity index (χ3v) is 7.18. The predicted octanol–water partition coefficient (Wildman–Crippen LogP) is 2.84. The van der Waals surface area contributed by atoms with Gasteiger partial charge < -0.3 is 14.6 Å². The zero-order valence-electron chi connectivity index (χ0n) is 20.4. The number of amides is 5. The molecule has 2 aliphatic rings. The fraction of sp³-hybridized carbons (Fsp3) is 0.538. The van der Waals surface area contributed by atoms with E-state index in [9.17, 15) is 24.4 Å². The smallest absolute Gasteiger partial charge is 0.321 e. The molecule has 2 fully saturated rings. The van der Waals surface area contributed by atoms with Gasteiger partial charge in [0.15, 0.2) is 0 Å². The van der Waals surface area contributed by atoms with Crippen molar-refractivity contribution in [3.63, 3.8) is 0 Å². The summed E-state index contributed by atoms with van der Waals surface area (Å²) in [6, 6.07) is 8.18. The van der Waals surface area contributed by atoms with E-state index in [4.69, 9.17) is 4.42 Å². The fourth-order valence-electron chi connectivity index (χ4n) is 5.41. The maximum absolute atomic E-state index is 13.4. The molecule has 5 amide bonds. The highest BCUT2D eigenvalue weighted by Crippen LogP contribution is 2.32. The minimum Gasteiger partial charge on any atom is -0.461 e. The van der Waals surface area contributed by atoms with E-state index in [-0.39, 0.29) is 19.0 Å². The van der Waals surface area contributed by atoms with Crippen molar-refractivity contribution in [1.29, 1.82) is 0 Å². The summed E-state index contributed by atoms with van der Waals surface area (Å²) in [7, 11) is 0. The Morgan fingerprint density at radius 1 is 1.17 bits per heavy atom. The highest BCUT2D eigenvalue weighted by Gasteiger charge is 2.39. The summed E-state index contributed by atoms with van der Waals surface area (Å²) in [6.45, 7) is 0.581. The van der Waals surface area contributed by atoms with Crippen LogP contribution in [0.5, 0.6) is 0 Å². The second-order valence-corrected chi connectivity index (χ2v) is 9.75. The number of nitrogens with one attached hydrogen (secondary N) is 2. The molecule has 10 nitrogen and oxygen atoms in total. The van der Waals surface area contributed by atoms with Gasteiger partial charge in [-0.2, -0.15) is 0 Å². The third-order valence-electron chi connectivity index (χ3n) is 7.18. The van der Waals surface area contributed by atoms with Crippen LogP contribution in [0.2, 0.25) is 0 Å². The Morgan fingerprint density at radius 2 is 1.94 bits per heavy atom. The molecule has 10 heteroatoms. The van der Waals surface area contributed by atoms with Crippen molar-refractivity contribution in [3.05, 3.63) is 36.1 Å². The second-order valence-electron chi connectivity index (χ2n) is 9.75. The number of furan rings is 1. The Morgan fingerprint density at radius 3 is 2.69 bits per heavy atom. The Balaban J connectivity index is 1.29. The number of hydroxylamine groups is 2. The van der Waals surface area contributed by atoms with Crippen molar-refractivity contribution in [2.45, 2.75) is 57.4 Å². The van der Waals surface area contributed by atoms with Crippen molar-refractivity contribution in [2.24, 2.45) is 11.8 Å². The topological polar surface area (TPSA) is 132 Å². The van der Waals surface area contributed by atoms with E-state index >= 15 is 0 Å². The number of nitrogens with zero attached hydrogens (tertiary/aromatic N) is 2. The molecule has 2 aromatic rings. The van der Waals surface area contributed by atoms with Crippen LogP contribution in [0, 0.1) is 11.8 Å². The molecule has 1 aromatic heterocycles. The largest absolute Gasteiger partial charge is 0.461 e. The first-order valence-electron chi connectivity index (χ1n) is 12.7. The molecule has 0 radical (unpaired) electrons. The summed E-state index contributed by atoms with van der Waals surface area (Å²) in [6.07, 6.45) is 6.70. The number of fused-ring (bicyclic) bond motifs is 1. The molecule has 1 aliphatic heterocycles. The van der Waals surface area contributed by atoms with Gasteiger partial charge in [-0.05, 0) is 37.3 Å². The lowest BCUT2D eigenvalue weighted by atomic mass is 9.91. The number of urea groups is 1. The van der Waals surface area contributed by atoms with E-state index in [0.29, 0.717) is 49.6 Å². The molecule has 0 bridgehead atoms. The second kappa shape index (κ2) is 12.0. The van der Waals surface area contributed by atoms with Crippen LogP contribution in [0.15, 0.2) is 34.7 Å². The molecule has 3 N–H and O–H groups in total. The van der Waals surface area contributed by atoms with Crippen molar-refractivity contribution >= 4 is 35.2 Å². The number of para-hydroxylation sites is 1. The van der Waals surface area contributed by atoms with Crippen LogP contribution in [0.1, 0.15) is 50.7 Å². The van der Waals surface area contributed by atoms with Crippen LogP contribution in [-0.4, -0.2) is 65.1 Å². The van der Waals surface area contributed by atoms with Crippen LogP contribution in [0.4, 0.5) is 4.79 Å². The molecular formula is C26H34N4O6. The van der Waals surface area contributed by atoms with E-state index in [1.165, 1.54) is 4.90 Å². The molecule has 36 heavy (non-hydrogen) atoms. The van der Waals surface area contributed by atoms with Gasteiger partial charge in [0.2, 0.25) is 12.3 Å². The Kier molecular flexibility index (Phi) is 8.58. The van der Waals surface area contributed by atoms with Gasteiger partial charge in [-0.3, -0.25) is 24.9 Å². The number of carbonyl (C=O) groups is 4. The summed E-state index contributed by atoms with van der Waals surface area (Å²) in [5.74, 6) is -0.276. The van der Waals surface area contributed by atoms with Gasteiger partial charge >= 0.3 is 6.03 Å². The fourth-order valence-corrected chi connectivity index (χ4v) is 5.41. The van der Waals surface area contributed by atoms with E-state index < -0.39 is 23.9 Å². The molecule has 1 saturated heterocycles. The lowest BCUT2D eigenvalue weighted by molar-refractivity contribution is -0.158. The minimum absolute atomic E-state index is 0.105. The number of carbonyl (C=O) groups excluding carboxylic acids is 4. The highest BCUT2D eigenvalue weighted by atomic mass is 16.5. The van der Waals surface area contributed by atoms with Gasteiger partial charge in [0.25, 0.3) is 5.91 Å². The molecule has 0 spiro atoms. The lowest BCUT2D eigenvalue weighted by Crippen LogP contribution is -2.52. The van der Waals surface area contributed by atoms with E-state index in [1.54, 1.807) is 0 Å². The molecular weight excluding hydrogens is 464 g/mol. The first-order valence-corrected chi connectivity index (χ1v) is 12.7. The predicted molar refractivity (Wildman–Crippen MR) is 131 cm³/mol. The summed E-state index contributed by atoms with van der Waals surface area (Å²) in [5, 5.41) is 16.3. The first-order chi connectivity index (χ1) is 17.4. The zero-order chi connectivity index (χ0) is 25.5. The van der Waals surface area contributed by atoms with Gasteiger partial charge in [0, 0.05) is 24.9 Å². The average Bonchev–Trinajstić information content (AvgIpc) is 3.63. The Hall–Kier alpha value is -3.40. The van der Waals surface area contributed by atoms with Gasteiger partial charge in [-0.25, -0.2) is 9.86 Å². The number of likely N-dealkylation sites (tertiary alicyclic amines) is 1. The van der Waals surface area contributed by atoms with Crippen molar-refractivity contribution < 1.29 is 28.8 Å². The van der Waals surface area contributed by atoms with Crippen LogP contribution in [-0.2, 0) is 20.8 Å². The normalized spacial score (nSPS) is 18.8. The Bertz CT molecular complexity index is 1050. The quantitative estimate of drug-likeness (QED) is 0.262. The van der Waals surface area contributed by atoms with E-state index in [0.717, 1.165) is 42.4 Å². The van der Waals surface area contributed by atoms with Crippen molar-refractivity contribution in [3.8, 4) is 0 Å². The highest BCUT2D eigenvalue weighted by molar-refractivity contribution is 5.99. The number of benzene rings is 1. The van der Waals surface area contributed by atoms with Gasteiger partial charge in [0.1, 0.15) is 17.4 Å². The van der Waals surface area contributed by atoms with E-state index in [2.05, 4.69) is 10.6 Å². The van der Waals surface area contributed by atoms with Crippen molar-refractivity contribution in [2.75, 3.05) is 19.6 Å². The van der Waals surface area contributed by atoms with Gasteiger partial charge in [-0.15, -0.1) is 0 Å². The Labute approximate surface area is 209 Å². The first kappa shape index (κ1) is 25.7. The standard InChI is InChI=1S/C26H34N4O6/c31-17-29(35)16-20(14-18-6-1-2-7-18)25(33)30-13-5-9-22(30)24(32)28-26(34)27-12-11-21-15-19-8-3-4-10-23(19)36-21/h3-4,8,10,15,17-18,20,22,35H,1-2,5-7,9,11-14,16H2,(H2,27,28,32,34)/t20?,22-/m0/s1. The van der Waals surface area contributed by atoms with Crippen LogP contribution in [0.3, 0.4) is 0 Å². The lowest BCUT2D eigenvalue weighted by Gasteiger charge is -2.30. The average molecular weight is 499 g/mol. The molecule has 194 valence electrons. The molecule has 1 aliphatic carbocycles. The summed E-state index contributed by atoms with van der Waals surface area (Å²) < 4.78 is 5.73. The number of hydrogen-bond acceptors (Lipinski definition) is 6. The van der Waals surface area contributed by atoms with Gasteiger partial charge in [-0.1, -0.05) is 43.9 Å². The molecule has 1 aromatic carbocycles. The minimum atomic E-state index is -0.756. The van der Waals surface area contributed by atoms with Crippen LogP contribution < -0.4 is 10.6 Å². The monoisotopic (exact) mass is 498 g/mol. The summed E-state index contributed by atoms with van der Waals surface area (Å²) in [5.41, 5.74) is 0.779. The molecule has 1 saturated carbocycles. The third kappa shape index (κ3) is 6.42. The van der Waals surface area contributed by atoms with E-state index in [1.807, 2.05) is 30.3 Å². The number of hydrogen-bond donors (Lipinski definition) is 3. The SMILES string of the molecule is O=CN(O)CC(CC1CCCC1)C(=O)N1CCC[C@H]1C(=O)NC(=O)NCCc1cc2ccccc2o1. The zero-order valence-corrected chi connectivity index (χ0v) is 20.4. The summed E-state index contributed by atoms with van der Waals surface area (Å²) >= 11 is 0. The van der Waals surface area contributed by atoms with Crippen molar-refractivity contribution in [1.82, 2.24) is 20.6 Å². The van der Waals surface area contributed by atoms with Gasteiger partial charge in [0.05, 0.1) is 12.5 Å². The van der Waals surface area contributed by atoms with Crippen LogP contribution in [0.25, 0.3) is 11.0 Å². The number of rotatable bonds is 10. The molecule has 4 rings (SSSR count). The molecule has 1 unspecified atom stereocenters. The van der Waals surface area contributed by atoms with Crippen LogP contribution >= 0.6 is 0 Å². The maximum atomic E-state index is 13.4. The molecule has 2 heterocycles. The molecule has 2 atom stereocenters. The number of imide groups is 1. The summed E-state index contributed by atoms with van der Waals surface area (Å²) in [4.78, 5) is 51.0.